The highest BCUT2D eigenvalue weighted by Gasteiger charge is 2.23. The zero-order chi connectivity index (χ0) is 24.0. The van der Waals surface area contributed by atoms with Crippen LogP contribution in [0.1, 0.15) is 51.4 Å². The largest absolute Gasteiger partial charge is 0.493 e. The Morgan fingerprint density at radius 3 is 2.40 bits per heavy atom. The molecule has 0 atom stereocenters. The van der Waals surface area contributed by atoms with E-state index in [1.165, 1.54) is 25.7 Å². The monoisotopic (exact) mass is 484 g/mol. The Labute approximate surface area is 207 Å². The van der Waals surface area contributed by atoms with Crippen LogP contribution in [0.3, 0.4) is 0 Å². The number of aromatic amines is 1. The number of carbonyl (C=O) groups excluding carboxylic acids is 1. The number of aromatic nitrogens is 1. The van der Waals surface area contributed by atoms with Crippen molar-refractivity contribution in [1.82, 2.24) is 20.1 Å². The van der Waals surface area contributed by atoms with Gasteiger partial charge in [-0.3, -0.25) is 0 Å². The minimum Gasteiger partial charge on any atom is -0.493 e. The number of hydrogen-bond donors (Lipinski definition) is 3. The number of carbonyl (C=O) groups is 1. The Bertz CT molecular complexity index is 957. The smallest absolute Gasteiger partial charge is 0.414 e. The van der Waals surface area contributed by atoms with Crippen molar-refractivity contribution in [2.24, 2.45) is 5.92 Å². The van der Waals surface area contributed by atoms with Crippen molar-refractivity contribution in [2.75, 3.05) is 45.9 Å². The number of H-pyrrole nitrogens is 1. The molecule has 0 bridgehead atoms. The number of piperidine rings is 2. The van der Waals surface area contributed by atoms with E-state index in [1.54, 1.807) is 0 Å². The van der Waals surface area contributed by atoms with Gasteiger partial charge in [-0.05, 0) is 56.6 Å². The molecule has 0 radical (unpaired) electrons. The zero-order valence-corrected chi connectivity index (χ0v) is 20.7. The third-order valence-electron chi connectivity index (χ3n) is 7.95. The Hall–Kier alpha value is -2.29. The van der Waals surface area contributed by atoms with Crippen LogP contribution in [-0.4, -0.2) is 84.0 Å². The number of ether oxygens (including phenoxy) is 2. The predicted molar refractivity (Wildman–Crippen MR) is 136 cm³/mol. The SMILES string of the molecule is O=C(NC1CCN(CCN2CCC(O)CC2)CC1)Oc1cc2c(OCC3CCCC3)cccc2[nH]1. The molecular weight excluding hydrogens is 444 g/mol. The van der Waals surface area contributed by atoms with E-state index in [4.69, 9.17) is 9.47 Å². The van der Waals surface area contributed by atoms with Crippen molar-refractivity contribution in [3.63, 3.8) is 0 Å². The third kappa shape index (κ3) is 6.68. The summed E-state index contributed by atoms with van der Waals surface area (Å²) in [5.74, 6) is 1.93. The molecule has 3 aliphatic rings. The van der Waals surface area contributed by atoms with Gasteiger partial charge in [-0.2, -0.15) is 0 Å². The second-order valence-corrected chi connectivity index (χ2v) is 10.5. The lowest BCUT2D eigenvalue weighted by molar-refractivity contribution is 0.0739. The molecule has 0 unspecified atom stereocenters. The van der Waals surface area contributed by atoms with Crippen molar-refractivity contribution in [3.8, 4) is 11.6 Å². The molecule has 1 amide bonds. The number of rotatable bonds is 8. The fraction of sp³-hybridized carbons (Fsp3) is 0.667. The molecule has 3 heterocycles. The number of benzene rings is 1. The van der Waals surface area contributed by atoms with E-state index in [-0.39, 0.29) is 12.1 Å². The van der Waals surface area contributed by atoms with E-state index < -0.39 is 6.09 Å². The van der Waals surface area contributed by atoms with E-state index in [0.29, 0.717) is 11.8 Å². The number of aliphatic hydroxyl groups is 1. The highest BCUT2D eigenvalue weighted by Crippen LogP contribution is 2.31. The second kappa shape index (κ2) is 11.6. The first-order valence-electron chi connectivity index (χ1n) is 13.5. The van der Waals surface area contributed by atoms with Crippen molar-refractivity contribution < 1.29 is 19.4 Å². The maximum Gasteiger partial charge on any atom is 0.414 e. The van der Waals surface area contributed by atoms with Crippen LogP contribution in [0.25, 0.3) is 10.9 Å². The van der Waals surface area contributed by atoms with Crippen molar-refractivity contribution >= 4 is 17.0 Å². The molecule has 3 fully saturated rings. The standard InChI is InChI=1S/C27H40N4O4/c32-22-10-14-31(15-11-22)17-16-30-12-8-21(9-13-30)28-27(33)35-26-18-23-24(29-26)6-3-7-25(23)34-19-20-4-1-2-5-20/h3,6-7,18,20-22,29,32H,1-2,4-5,8-17,19H2,(H,28,33). The molecule has 2 aromatic rings. The Kier molecular flexibility index (Phi) is 8.11. The molecule has 8 nitrogen and oxygen atoms in total. The number of fused-ring (bicyclic) bond motifs is 1. The fourth-order valence-electron chi connectivity index (χ4n) is 5.69. The van der Waals surface area contributed by atoms with Crippen LogP contribution < -0.4 is 14.8 Å². The Balaban J connectivity index is 1.05. The molecule has 1 saturated carbocycles. The van der Waals surface area contributed by atoms with Crippen LogP contribution >= 0.6 is 0 Å². The summed E-state index contributed by atoms with van der Waals surface area (Å²) >= 11 is 0. The number of nitrogens with zero attached hydrogens (tertiary/aromatic N) is 2. The summed E-state index contributed by atoms with van der Waals surface area (Å²) in [5.41, 5.74) is 0.910. The predicted octanol–water partition coefficient (Wildman–Crippen LogP) is 3.75. The van der Waals surface area contributed by atoms with Crippen LogP contribution in [0.5, 0.6) is 11.6 Å². The van der Waals surface area contributed by atoms with Gasteiger partial charge < -0.3 is 34.7 Å². The third-order valence-corrected chi connectivity index (χ3v) is 7.95. The van der Waals surface area contributed by atoms with Crippen LogP contribution in [0.15, 0.2) is 24.3 Å². The maximum absolute atomic E-state index is 12.6. The van der Waals surface area contributed by atoms with E-state index >= 15 is 0 Å². The lowest BCUT2D eigenvalue weighted by Crippen LogP contribution is -2.47. The molecule has 2 aliphatic heterocycles. The molecule has 192 valence electrons. The fourth-order valence-corrected chi connectivity index (χ4v) is 5.69. The van der Waals surface area contributed by atoms with Crippen LogP contribution in [0.4, 0.5) is 4.79 Å². The summed E-state index contributed by atoms with van der Waals surface area (Å²) in [6, 6.07) is 7.93. The molecule has 8 heteroatoms. The van der Waals surface area contributed by atoms with Gasteiger partial charge in [-0.15, -0.1) is 0 Å². The topological polar surface area (TPSA) is 90.1 Å². The van der Waals surface area contributed by atoms with E-state index in [2.05, 4.69) is 20.1 Å². The second-order valence-electron chi connectivity index (χ2n) is 10.5. The zero-order valence-electron chi connectivity index (χ0n) is 20.7. The van der Waals surface area contributed by atoms with Crippen molar-refractivity contribution in [3.05, 3.63) is 24.3 Å². The van der Waals surface area contributed by atoms with Gasteiger partial charge in [0.05, 0.1) is 18.2 Å². The lowest BCUT2D eigenvalue weighted by Gasteiger charge is -2.35. The van der Waals surface area contributed by atoms with Crippen molar-refractivity contribution in [1.29, 1.82) is 0 Å². The van der Waals surface area contributed by atoms with Crippen LogP contribution in [0.2, 0.25) is 0 Å². The Morgan fingerprint density at radius 2 is 1.69 bits per heavy atom. The molecular formula is C27H40N4O4. The minimum absolute atomic E-state index is 0.117. The molecule has 1 aliphatic carbocycles. The number of amides is 1. The molecule has 3 N–H and O–H groups in total. The van der Waals surface area contributed by atoms with Gasteiger partial charge in [0.1, 0.15) is 5.75 Å². The highest BCUT2D eigenvalue weighted by atomic mass is 16.6. The average molecular weight is 485 g/mol. The quantitative estimate of drug-likeness (QED) is 0.529. The molecule has 1 aromatic heterocycles. The number of hydrogen-bond acceptors (Lipinski definition) is 6. The lowest BCUT2D eigenvalue weighted by atomic mass is 10.1. The molecule has 5 rings (SSSR count). The summed E-state index contributed by atoms with van der Waals surface area (Å²) in [6.07, 6.45) is 8.22. The van der Waals surface area contributed by atoms with E-state index in [1.807, 2.05) is 24.3 Å². The summed E-state index contributed by atoms with van der Waals surface area (Å²) in [6.45, 7) is 6.80. The van der Waals surface area contributed by atoms with Gasteiger partial charge in [-0.1, -0.05) is 18.9 Å². The maximum atomic E-state index is 12.6. The van der Waals surface area contributed by atoms with Crippen molar-refractivity contribution in [2.45, 2.75) is 63.5 Å². The van der Waals surface area contributed by atoms with Gasteiger partial charge in [0.25, 0.3) is 0 Å². The van der Waals surface area contributed by atoms with Gasteiger partial charge in [0, 0.05) is 56.8 Å². The van der Waals surface area contributed by atoms with Gasteiger partial charge in [0.2, 0.25) is 5.88 Å². The van der Waals surface area contributed by atoms with Gasteiger partial charge >= 0.3 is 6.09 Å². The van der Waals surface area contributed by atoms with Crippen LogP contribution in [0, 0.1) is 5.92 Å². The minimum atomic E-state index is -0.407. The summed E-state index contributed by atoms with van der Waals surface area (Å²) in [5, 5.41) is 13.6. The molecule has 2 saturated heterocycles. The summed E-state index contributed by atoms with van der Waals surface area (Å²) < 4.78 is 11.7. The molecule has 0 spiro atoms. The van der Waals surface area contributed by atoms with E-state index in [0.717, 1.165) is 88.2 Å². The first kappa shape index (κ1) is 24.4. The van der Waals surface area contributed by atoms with Gasteiger partial charge in [0.15, 0.2) is 0 Å². The number of aliphatic hydroxyl groups excluding tert-OH is 1. The summed E-state index contributed by atoms with van der Waals surface area (Å²) in [4.78, 5) is 20.7. The first-order chi connectivity index (χ1) is 17.1. The Morgan fingerprint density at radius 1 is 1.00 bits per heavy atom. The number of nitrogens with one attached hydrogen (secondary N) is 2. The molecule has 35 heavy (non-hydrogen) atoms. The first-order valence-corrected chi connectivity index (χ1v) is 13.5. The average Bonchev–Trinajstić information content (AvgIpc) is 3.53. The highest BCUT2D eigenvalue weighted by molar-refractivity contribution is 5.88. The number of likely N-dealkylation sites (tertiary alicyclic amines) is 2. The molecule has 1 aromatic carbocycles. The van der Waals surface area contributed by atoms with Crippen LogP contribution in [-0.2, 0) is 0 Å². The van der Waals surface area contributed by atoms with E-state index in [9.17, 15) is 9.90 Å². The normalized spacial score (nSPS) is 21.5. The van der Waals surface area contributed by atoms with Gasteiger partial charge in [-0.25, -0.2) is 4.79 Å². The summed E-state index contributed by atoms with van der Waals surface area (Å²) in [7, 11) is 0.